The van der Waals surface area contributed by atoms with Crippen molar-refractivity contribution in [1.82, 2.24) is 4.90 Å². The van der Waals surface area contributed by atoms with Gasteiger partial charge in [-0.25, -0.2) is 0 Å². The van der Waals surface area contributed by atoms with Gasteiger partial charge in [-0.3, -0.25) is 4.79 Å². The van der Waals surface area contributed by atoms with E-state index in [0.29, 0.717) is 6.42 Å². The van der Waals surface area contributed by atoms with Gasteiger partial charge in [-0.05, 0) is 20.0 Å². The van der Waals surface area contributed by atoms with Gasteiger partial charge >= 0.3 is 0 Å². The van der Waals surface area contributed by atoms with E-state index in [1.54, 1.807) is 0 Å². The van der Waals surface area contributed by atoms with Crippen molar-refractivity contribution in [1.29, 1.82) is 0 Å². The first-order valence-electron chi connectivity index (χ1n) is 3.63. The molecule has 0 unspecified atom stereocenters. The summed E-state index contributed by atoms with van der Waals surface area (Å²) in [5, 5.41) is 0. The molecule has 0 radical (unpaired) electrons. The Bertz CT molecular complexity index is 104. The highest BCUT2D eigenvalue weighted by Gasteiger charge is 1.98. The van der Waals surface area contributed by atoms with Gasteiger partial charge in [0.15, 0.2) is 0 Å². The lowest BCUT2D eigenvalue weighted by Gasteiger charge is -2.13. The number of rotatable bonds is 5. The summed E-state index contributed by atoms with van der Waals surface area (Å²) in [5.41, 5.74) is 4.97. The predicted molar refractivity (Wildman–Crippen MR) is 41.6 cm³/mol. The molecule has 0 aliphatic heterocycles. The van der Waals surface area contributed by atoms with E-state index in [1.807, 2.05) is 7.05 Å². The van der Waals surface area contributed by atoms with Crippen molar-refractivity contribution in [3.05, 3.63) is 0 Å². The summed E-state index contributed by atoms with van der Waals surface area (Å²) < 4.78 is 0. The molecule has 0 fully saturated rings. The minimum atomic E-state index is -0.219. The van der Waals surface area contributed by atoms with Crippen LogP contribution in [0.2, 0.25) is 0 Å². The third-order valence-electron chi connectivity index (χ3n) is 1.35. The molecule has 0 aromatic heterocycles. The molecule has 0 atom stereocenters. The van der Waals surface area contributed by atoms with Crippen LogP contribution in [0.5, 0.6) is 0 Å². The van der Waals surface area contributed by atoms with Gasteiger partial charge in [-0.15, -0.1) is 0 Å². The number of carbonyl (C=O) groups is 1. The van der Waals surface area contributed by atoms with Crippen molar-refractivity contribution in [2.24, 2.45) is 5.73 Å². The monoisotopic (exact) mass is 144 g/mol. The van der Waals surface area contributed by atoms with Crippen molar-refractivity contribution in [3.63, 3.8) is 0 Å². The van der Waals surface area contributed by atoms with Gasteiger partial charge in [0.2, 0.25) is 5.91 Å². The molecule has 60 valence electrons. The Morgan fingerprint density at radius 1 is 1.50 bits per heavy atom. The van der Waals surface area contributed by atoms with E-state index in [1.165, 1.54) is 0 Å². The Morgan fingerprint density at radius 3 is 2.50 bits per heavy atom. The number of hydrogen-bond acceptors (Lipinski definition) is 2. The molecule has 0 rings (SSSR count). The lowest BCUT2D eigenvalue weighted by molar-refractivity contribution is -0.118. The van der Waals surface area contributed by atoms with Crippen LogP contribution < -0.4 is 5.73 Å². The second kappa shape index (κ2) is 5.23. The third kappa shape index (κ3) is 5.56. The minimum Gasteiger partial charge on any atom is -0.370 e. The quantitative estimate of drug-likeness (QED) is 0.599. The molecule has 3 heteroatoms. The number of amides is 1. The predicted octanol–water partition coefficient (Wildman–Crippen LogP) is 0.204. The van der Waals surface area contributed by atoms with Gasteiger partial charge in [-0.2, -0.15) is 0 Å². The van der Waals surface area contributed by atoms with Crippen LogP contribution in [0.3, 0.4) is 0 Å². The Kier molecular flexibility index (Phi) is 4.94. The summed E-state index contributed by atoms with van der Waals surface area (Å²) in [4.78, 5) is 12.4. The largest absolute Gasteiger partial charge is 0.370 e. The molecular weight excluding hydrogens is 128 g/mol. The molecule has 0 aromatic rings. The fourth-order valence-electron chi connectivity index (χ4n) is 0.795. The molecule has 3 nitrogen and oxygen atoms in total. The maximum absolute atomic E-state index is 10.3. The van der Waals surface area contributed by atoms with Crippen LogP contribution >= 0.6 is 0 Å². The van der Waals surface area contributed by atoms with Crippen LogP contribution in [-0.4, -0.2) is 30.9 Å². The fourth-order valence-corrected chi connectivity index (χ4v) is 0.795. The molecule has 0 saturated heterocycles. The maximum atomic E-state index is 10.3. The lowest BCUT2D eigenvalue weighted by Crippen LogP contribution is -2.25. The zero-order valence-corrected chi connectivity index (χ0v) is 6.76. The van der Waals surface area contributed by atoms with Gasteiger partial charge in [0.1, 0.15) is 0 Å². The Hall–Kier alpha value is -0.570. The summed E-state index contributed by atoms with van der Waals surface area (Å²) in [6, 6.07) is 0. The molecule has 0 aliphatic rings. The van der Waals surface area contributed by atoms with Crippen LogP contribution in [0.25, 0.3) is 0 Å². The molecular formula is C7H16N2O. The van der Waals surface area contributed by atoms with E-state index < -0.39 is 0 Å². The summed E-state index contributed by atoms with van der Waals surface area (Å²) in [5.74, 6) is -0.219. The standard InChI is InChI=1S/C7H16N2O/c1-3-5-9(2)6-4-7(8)10/h3-6H2,1-2H3,(H2,8,10). The van der Waals surface area contributed by atoms with Crippen LogP contribution in [0.4, 0.5) is 0 Å². The average molecular weight is 144 g/mol. The molecule has 1 amide bonds. The first-order valence-corrected chi connectivity index (χ1v) is 3.63. The van der Waals surface area contributed by atoms with Crippen molar-refractivity contribution < 1.29 is 4.79 Å². The minimum absolute atomic E-state index is 0.219. The molecule has 0 heterocycles. The first-order chi connectivity index (χ1) is 4.66. The van der Waals surface area contributed by atoms with E-state index in [4.69, 9.17) is 5.73 Å². The Balaban J connectivity index is 3.21. The Morgan fingerprint density at radius 2 is 2.10 bits per heavy atom. The van der Waals surface area contributed by atoms with Crippen molar-refractivity contribution >= 4 is 5.91 Å². The van der Waals surface area contributed by atoms with Gasteiger partial charge in [0, 0.05) is 13.0 Å². The van der Waals surface area contributed by atoms with Crippen molar-refractivity contribution in [3.8, 4) is 0 Å². The van der Waals surface area contributed by atoms with Crippen LogP contribution in [-0.2, 0) is 4.79 Å². The highest BCUT2D eigenvalue weighted by Crippen LogP contribution is 1.87. The zero-order chi connectivity index (χ0) is 7.98. The molecule has 0 bridgehead atoms. The van der Waals surface area contributed by atoms with E-state index >= 15 is 0 Å². The van der Waals surface area contributed by atoms with Crippen LogP contribution in [0.1, 0.15) is 19.8 Å². The van der Waals surface area contributed by atoms with E-state index in [0.717, 1.165) is 19.5 Å². The number of nitrogens with zero attached hydrogens (tertiary/aromatic N) is 1. The number of primary amides is 1. The third-order valence-corrected chi connectivity index (χ3v) is 1.35. The van der Waals surface area contributed by atoms with Crippen LogP contribution in [0, 0.1) is 0 Å². The van der Waals surface area contributed by atoms with Crippen LogP contribution in [0.15, 0.2) is 0 Å². The van der Waals surface area contributed by atoms with E-state index in [2.05, 4.69) is 11.8 Å². The summed E-state index contributed by atoms with van der Waals surface area (Å²) >= 11 is 0. The highest BCUT2D eigenvalue weighted by molar-refractivity contribution is 5.73. The average Bonchev–Trinajstić information content (AvgIpc) is 1.85. The van der Waals surface area contributed by atoms with Gasteiger partial charge in [-0.1, -0.05) is 6.92 Å². The molecule has 0 aliphatic carbocycles. The second-order valence-electron chi connectivity index (χ2n) is 2.52. The zero-order valence-electron chi connectivity index (χ0n) is 6.76. The molecule has 0 spiro atoms. The topological polar surface area (TPSA) is 46.3 Å². The highest BCUT2D eigenvalue weighted by atomic mass is 16.1. The Labute approximate surface area is 62.2 Å². The molecule has 10 heavy (non-hydrogen) atoms. The normalized spacial score (nSPS) is 10.3. The summed E-state index contributed by atoms with van der Waals surface area (Å²) in [6.07, 6.45) is 1.59. The summed E-state index contributed by atoms with van der Waals surface area (Å²) in [7, 11) is 1.99. The molecule has 0 saturated carbocycles. The summed E-state index contributed by atoms with van der Waals surface area (Å²) in [6.45, 7) is 3.93. The maximum Gasteiger partial charge on any atom is 0.218 e. The van der Waals surface area contributed by atoms with Gasteiger partial charge in [0.05, 0.1) is 0 Å². The molecule has 2 N–H and O–H groups in total. The second-order valence-corrected chi connectivity index (χ2v) is 2.52. The number of nitrogens with two attached hydrogens (primary N) is 1. The SMILES string of the molecule is CCCN(C)CCC(N)=O. The van der Waals surface area contributed by atoms with Gasteiger partial charge < -0.3 is 10.6 Å². The first kappa shape index (κ1) is 9.43. The van der Waals surface area contributed by atoms with Crippen molar-refractivity contribution in [2.45, 2.75) is 19.8 Å². The number of carbonyl (C=O) groups excluding carboxylic acids is 1. The lowest BCUT2D eigenvalue weighted by atomic mass is 10.3. The molecule has 0 aromatic carbocycles. The smallest absolute Gasteiger partial charge is 0.218 e. The van der Waals surface area contributed by atoms with Crippen molar-refractivity contribution in [2.75, 3.05) is 20.1 Å². The fraction of sp³-hybridized carbons (Fsp3) is 0.857. The number of hydrogen-bond donors (Lipinski definition) is 1. The van der Waals surface area contributed by atoms with E-state index in [-0.39, 0.29) is 5.91 Å². The van der Waals surface area contributed by atoms with E-state index in [9.17, 15) is 4.79 Å². The van der Waals surface area contributed by atoms with Gasteiger partial charge in [0.25, 0.3) is 0 Å².